The molecule has 0 aliphatic rings. The third kappa shape index (κ3) is 10.7. The van der Waals surface area contributed by atoms with Gasteiger partial charge in [-0.25, -0.2) is 4.79 Å². The standard InChI is InChI=1S/C10H14O3/c1-2-3-4-5-6-7-8-13-9-10(11)12/h6-7H,2-3,8-9H2,1H3,(H,11,12)/b7-6-. The number of carboxylic acid groups (broad SMARTS) is 1. The average molecular weight is 182 g/mol. The fourth-order valence-corrected chi connectivity index (χ4v) is 0.577. The summed E-state index contributed by atoms with van der Waals surface area (Å²) in [5, 5.41) is 8.21. The third-order valence-corrected chi connectivity index (χ3v) is 1.12. The molecular weight excluding hydrogens is 168 g/mol. The van der Waals surface area contributed by atoms with Crippen molar-refractivity contribution in [2.45, 2.75) is 19.8 Å². The zero-order valence-electron chi connectivity index (χ0n) is 7.75. The Morgan fingerprint density at radius 3 is 3.00 bits per heavy atom. The van der Waals surface area contributed by atoms with Gasteiger partial charge in [0.15, 0.2) is 0 Å². The number of unbranched alkanes of at least 4 members (excludes halogenated alkanes) is 1. The zero-order chi connectivity index (χ0) is 9.94. The van der Waals surface area contributed by atoms with E-state index in [2.05, 4.69) is 18.8 Å². The number of carbonyl (C=O) groups is 1. The molecule has 0 saturated carbocycles. The topological polar surface area (TPSA) is 46.5 Å². The van der Waals surface area contributed by atoms with Crippen LogP contribution >= 0.6 is 0 Å². The molecule has 0 saturated heterocycles. The summed E-state index contributed by atoms with van der Waals surface area (Å²) in [6, 6.07) is 0. The number of carboxylic acids is 1. The van der Waals surface area contributed by atoms with Crippen molar-refractivity contribution in [3.05, 3.63) is 12.2 Å². The first-order valence-electron chi connectivity index (χ1n) is 4.20. The molecule has 0 aromatic carbocycles. The van der Waals surface area contributed by atoms with Gasteiger partial charge in [0.25, 0.3) is 0 Å². The normalized spacial score (nSPS) is 9.62. The molecule has 0 fully saturated rings. The molecule has 3 heteroatoms. The number of allylic oxidation sites excluding steroid dienone is 1. The summed E-state index contributed by atoms with van der Waals surface area (Å²) in [5.74, 6) is 4.79. The van der Waals surface area contributed by atoms with Crippen molar-refractivity contribution in [3.8, 4) is 11.8 Å². The number of aliphatic carboxylic acids is 1. The van der Waals surface area contributed by atoms with Crippen LogP contribution in [0.5, 0.6) is 0 Å². The maximum absolute atomic E-state index is 10.00. The average Bonchev–Trinajstić information content (AvgIpc) is 2.09. The van der Waals surface area contributed by atoms with Gasteiger partial charge in [-0.15, -0.1) is 0 Å². The molecular formula is C10H14O3. The van der Waals surface area contributed by atoms with Crippen LogP contribution in [-0.2, 0) is 9.53 Å². The molecule has 13 heavy (non-hydrogen) atoms. The van der Waals surface area contributed by atoms with Crippen LogP contribution in [-0.4, -0.2) is 24.3 Å². The fraction of sp³-hybridized carbons (Fsp3) is 0.500. The summed E-state index contributed by atoms with van der Waals surface area (Å²) in [4.78, 5) is 10.00. The summed E-state index contributed by atoms with van der Waals surface area (Å²) in [6.45, 7) is 2.11. The van der Waals surface area contributed by atoms with Gasteiger partial charge in [0, 0.05) is 6.42 Å². The molecule has 0 atom stereocenters. The van der Waals surface area contributed by atoms with E-state index in [0.29, 0.717) is 6.61 Å². The molecule has 0 bridgehead atoms. The van der Waals surface area contributed by atoms with Crippen molar-refractivity contribution < 1.29 is 14.6 Å². The van der Waals surface area contributed by atoms with E-state index in [1.54, 1.807) is 12.2 Å². The van der Waals surface area contributed by atoms with Gasteiger partial charge in [-0.2, -0.15) is 0 Å². The summed E-state index contributed by atoms with van der Waals surface area (Å²) in [7, 11) is 0. The Morgan fingerprint density at radius 2 is 2.38 bits per heavy atom. The van der Waals surface area contributed by atoms with E-state index in [9.17, 15) is 4.79 Å². The molecule has 72 valence electrons. The van der Waals surface area contributed by atoms with Gasteiger partial charge in [-0.05, 0) is 12.5 Å². The second kappa shape index (κ2) is 8.82. The van der Waals surface area contributed by atoms with Crippen LogP contribution in [0.4, 0.5) is 0 Å². The molecule has 0 radical (unpaired) electrons. The first-order chi connectivity index (χ1) is 6.27. The van der Waals surface area contributed by atoms with Gasteiger partial charge in [0.2, 0.25) is 0 Å². The molecule has 0 aliphatic heterocycles. The Balaban J connectivity index is 3.33. The van der Waals surface area contributed by atoms with E-state index in [4.69, 9.17) is 9.84 Å². The monoisotopic (exact) mass is 182 g/mol. The molecule has 3 nitrogen and oxygen atoms in total. The molecule has 0 heterocycles. The summed E-state index contributed by atoms with van der Waals surface area (Å²) >= 11 is 0. The molecule has 0 aliphatic carbocycles. The minimum absolute atomic E-state index is 0.257. The van der Waals surface area contributed by atoms with Crippen LogP contribution < -0.4 is 0 Å². The van der Waals surface area contributed by atoms with E-state index < -0.39 is 5.97 Å². The Labute approximate surface area is 78.4 Å². The van der Waals surface area contributed by atoms with Crippen molar-refractivity contribution in [3.63, 3.8) is 0 Å². The van der Waals surface area contributed by atoms with Crippen LogP contribution in [0, 0.1) is 11.8 Å². The van der Waals surface area contributed by atoms with Gasteiger partial charge in [0.05, 0.1) is 6.61 Å². The molecule has 1 N–H and O–H groups in total. The lowest BCUT2D eigenvalue weighted by Gasteiger charge is -1.92. The maximum Gasteiger partial charge on any atom is 0.329 e. The quantitative estimate of drug-likeness (QED) is 0.517. The summed E-state index contributed by atoms with van der Waals surface area (Å²) in [6.07, 6.45) is 5.32. The Kier molecular flexibility index (Phi) is 7.96. The van der Waals surface area contributed by atoms with Crippen LogP contribution in [0.1, 0.15) is 19.8 Å². The van der Waals surface area contributed by atoms with Crippen LogP contribution in [0.15, 0.2) is 12.2 Å². The molecule has 0 unspecified atom stereocenters. The van der Waals surface area contributed by atoms with E-state index in [1.165, 1.54) is 0 Å². The lowest BCUT2D eigenvalue weighted by Crippen LogP contribution is -2.06. The van der Waals surface area contributed by atoms with Crippen molar-refractivity contribution in [2.24, 2.45) is 0 Å². The van der Waals surface area contributed by atoms with Gasteiger partial charge in [-0.1, -0.05) is 24.8 Å². The van der Waals surface area contributed by atoms with E-state index in [-0.39, 0.29) is 6.61 Å². The highest BCUT2D eigenvalue weighted by Crippen LogP contribution is 1.82. The van der Waals surface area contributed by atoms with Crippen molar-refractivity contribution in [1.82, 2.24) is 0 Å². The largest absolute Gasteiger partial charge is 0.480 e. The predicted octanol–water partition coefficient (Wildman–Crippen LogP) is 1.45. The smallest absolute Gasteiger partial charge is 0.329 e. The SMILES string of the molecule is CCCC#C/C=C\COCC(=O)O. The Bertz CT molecular complexity index is 220. The van der Waals surface area contributed by atoms with Crippen LogP contribution in [0.25, 0.3) is 0 Å². The fourth-order valence-electron chi connectivity index (χ4n) is 0.577. The van der Waals surface area contributed by atoms with Gasteiger partial charge < -0.3 is 9.84 Å². The van der Waals surface area contributed by atoms with E-state index in [1.807, 2.05) is 0 Å². The zero-order valence-corrected chi connectivity index (χ0v) is 7.75. The Hall–Kier alpha value is -1.27. The van der Waals surface area contributed by atoms with Crippen LogP contribution in [0.3, 0.4) is 0 Å². The lowest BCUT2D eigenvalue weighted by atomic mass is 10.3. The number of hydrogen-bond donors (Lipinski definition) is 1. The van der Waals surface area contributed by atoms with Gasteiger partial charge >= 0.3 is 5.97 Å². The second-order valence-electron chi connectivity index (χ2n) is 2.38. The highest BCUT2D eigenvalue weighted by Gasteiger charge is 1.91. The number of rotatable bonds is 5. The molecule has 0 rings (SSSR count). The minimum atomic E-state index is -0.953. The van der Waals surface area contributed by atoms with E-state index in [0.717, 1.165) is 12.8 Å². The highest BCUT2D eigenvalue weighted by atomic mass is 16.5. The van der Waals surface area contributed by atoms with Crippen molar-refractivity contribution >= 4 is 5.97 Å². The lowest BCUT2D eigenvalue weighted by molar-refractivity contribution is -0.141. The summed E-state index contributed by atoms with van der Waals surface area (Å²) < 4.78 is 4.75. The number of ether oxygens (including phenoxy) is 1. The molecule has 0 amide bonds. The van der Waals surface area contributed by atoms with E-state index >= 15 is 0 Å². The van der Waals surface area contributed by atoms with Gasteiger partial charge in [-0.3, -0.25) is 0 Å². The summed E-state index contributed by atoms with van der Waals surface area (Å²) in [5.41, 5.74) is 0. The predicted molar refractivity (Wildman–Crippen MR) is 50.3 cm³/mol. The van der Waals surface area contributed by atoms with Crippen molar-refractivity contribution in [1.29, 1.82) is 0 Å². The molecule has 0 aromatic rings. The highest BCUT2D eigenvalue weighted by molar-refractivity contribution is 5.67. The van der Waals surface area contributed by atoms with Gasteiger partial charge in [0.1, 0.15) is 6.61 Å². The Morgan fingerprint density at radius 1 is 1.62 bits per heavy atom. The third-order valence-electron chi connectivity index (χ3n) is 1.12. The minimum Gasteiger partial charge on any atom is -0.480 e. The molecule has 0 aromatic heterocycles. The first-order valence-corrected chi connectivity index (χ1v) is 4.20. The van der Waals surface area contributed by atoms with Crippen molar-refractivity contribution in [2.75, 3.05) is 13.2 Å². The second-order valence-corrected chi connectivity index (χ2v) is 2.38. The first kappa shape index (κ1) is 11.7. The molecule has 0 spiro atoms. The number of hydrogen-bond acceptors (Lipinski definition) is 2. The van der Waals surface area contributed by atoms with Crippen LogP contribution in [0.2, 0.25) is 0 Å². The maximum atomic E-state index is 10.00.